The number of benzene rings is 2. The van der Waals surface area contributed by atoms with Crippen molar-refractivity contribution in [1.29, 1.82) is 0 Å². The number of hydrogen-bond donors (Lipinski definition) is 1. The van der Waals surface area contributed by atoms with Gasteiger partial charge in [0.2, 0.25) is 0 Å². The lowest BCUT2D eigenvalue weighted by Gasteiger charge is -2.33. The maximum absolute atomic E-state index is 6.38. The minimum atomic E-state index is 0.463. The minimum absolute atomic E-state index is 0.463. The average molecular weight is 272 g/mol. The smallest absolute Gasteiger partial charge is 0.0441 e. The lowest BCUT2D eigenvalue weighted by Crippen LogP contribution is -2.34. The van der Waals surface area contributed by atoms with Gasteiger partial charge in [-0.3, -0.25) is 0 Å². The number of hydrogen-bond acceptors (Lipinski definition) is 1. The second-order valence-electron chi connectivity index (χ2n) is 5.14. The molecule has 2 aromatic carbocycles. The van der Waals surface area contributed by atoms with Crippen LogP contribution in [0.4, 0.5) is 0 Å². The molecule has 1 heterocycles. The van der Waals surface area contributed by atoms with Crippen molar-refractivity contribution in [2.75, 3.05) is 13.1 Å². The van der Waals surface area contributed by atoms with Crippen LogP contribution in [0.2, 0.25) is 5.02 Å². The van der Waals surface area contributed by atoms with E-state index < -0.39 is 0 Å². The summed E-state index contributed by atoms with van der Waals surface area (Å²) in [4.78, 5) is 0. The summed E-state index contributed by atoms with van der Waals surface area (Å²) in [6.45, 7) is 2.09. The normalized spacial score (nSPS) is 23.2. The molecular weight excluding hydrogens is 254 g/mol. The third-order valence-corrected chi connectivity index (χ3v) is 4.36. The Balaban J connectivity index is 1.96. The molecule has 0 amide bonds. The van der Waals surface area contributed by atoms with Gasteiger partial charge in [-0.1, -0.05) is 60.1 Å². The zero-order valence-electron chi connectivity index (χ0n) is 10.9. The van der Waals surface area contributed by atoms with Gasteiger partial charge < -0.3 is 5.32 Å². The van der Waals surface area contributed by atoms with Crippen molar-refractivity contribution in [3.8, 4) is 0 Å². The van der Waals surface area contributed by atoms with E-state index >= 15 is 0 Å². The van der Waals surface area contributed by atoms with Crippen LogP contribution in [-0.2, 0) is 0 Å². The number of piperidine rings is 1. The van der Waals surface area contributed by atoms with E-state index in [2.05, 4.69) is 47.8 Å². The van der Waals surface area contributed by atoms with E-state index in [0.717, 1.165) is 18.1 Å². The van der Waals surface area contributed by atoms with Crippen LogP contribution in [0.3, 0.4) is 0 Å². The van der Waals surface area contributed by atoms with Crippen LogP contribution >= 0.6 is 11.6 Å². The third kappa shape index (κ3) is 2.68. The van der Waals surface area contributed by atoms with Gasteiger partial charge in [-0.15, -0.1) is 0 Å². The fraction of sp³-hybridized carbons (Fsp3) is 0.294. The Morgan fingerprint density at radius 1 is 0.895 bits per heavy atom. The van der Waals surface area contributed by atoms with Crippen LogP contribution in [0.25, 0.3) is 0 Å². The molecule has 1 aliphatic rings. The van der Waals surface area contributed by atoms with Crippen LogP contribution in [0.1, 0.15) is 29.4 Å². The Labute approximate surface area is 119 Å². The number of rotatable bonds is 2. The van der Waals surface area contributed by atoms with Gasteiger partial charge in [0.05, 0.1) is 0 Å². The van der Waals surface area contributed by atoms with Gasteiger partial charge in [-0.2, -0.15) is 0 Å². The molecule has 0 aliphatic carbocycles. The lowest BCUT2D eigenvalue weighted by molar-refractivity contribution is 0.404. The highest BCUT2D eigenvalue weighted by atomic mass is 35.5. The quantitative estimate of drug-likeness (QED) is 0.863. The summed E-state index contributed by atoms with van der Waals surface area (Å²) < 4.78 is 0. The summed E-state index contributed by atoms with van der Waals surface area (Å²) in [5, 5.41) is 4.39. The van der Waals surface area contributed by atoms with Crippen LogP contribution in [-0.4, -0.2) is 13.1 Å². The second kappa shape index (κ2) is 5.77. The van der Waals surface area contributed by atoms with Crippen molar-refractivity contribution >= 4 is 11.6 Å². The minimum Gasteiger partial charge on any atom is -0.316 e. The molecule has 1 N–H and O–H groups in total. The third-order valence-electron chi connectivity index (χ3n) is 4.01. The molecule has 0 unspecified atom stereocenters. The van der Waals surface area contributed by atoms with Gasteiger partial charge in [0.1, 0.15) is 0 Å². The molecule has 98 valence electrons. The van der Waals surface area contributed by atoms with Gasteiger partial charge in [0, 0.05) is 17.5 Å². The molecule has 1 saturated heterocycles. The number of halogens is 1. The van der Waals surface area contributed by atoms with E-state index in [1.165, 1.54) is 17.5 Å². The predicted molar refractivity (Wildman–Crippen MR) is 80.9 cm³/mol. The molecule has 2 aromatic rings. The molecule has 0 radical (unpaired) electrons. The highest BCUT2D eigenvalue weighted by Gasteiger charge is 2.28. The molecule has 1 nitrogen and oxygen atoms in total. The molecule has 2 heteroatoms. The molecule has 0 bridgehead atoms. The zero-order valence-corrected chi connectivity index (χ0v) is 11.6. The van der Waals surface area contributed by atoms with E-state index in [1.54, 1.807) is 0 Å². The van der Waals surface area contributed by atoms with Crippen molar-refractivity contribution in [2.45, 2.75) is 18.3 Å². The largest absolute Gasteiger partial charge is 0.316 e. The van der Waals surface area contributed by atoms with Crippen molar-refractivity contribution < 1.29 is 0 Å². The molecule has 3 rings (SSSR count). The summed E-state index contributed by atoms with van der Waals surface area (Å²) >= 11 is 6.38. The first-order valence-corrected chi connectivity index (χ1v) is 7.24. The van der Waals surface area contributed by atoms with Crippen molar-refractivity contribution in [1.82, 2.24) is 5.32 Å². The highest BCUT2D eigenvalue weighted by molar-refractivity contribution is 6.31. The molecule has 0 aromatic heterocycles. The monoisotopic (exact) mass is 271 g/mol. The molecule has 0 saturated carbocycles. The van der Waals surface area contributed by atoms with E-state index in [0.29, 0.717) is 11.8 Å². The van der Waals surface area contributed by atoms with Gasteiger partial charge in [0.25, 0.3) is 0 Å². The Morgan fingerprint density at radius 3 is 2.42 bits per heavy atom. The molecule has 0 spiro atoms. The molecule has 1 aliphatic heterocycles. The van der Waals surface area contributed by atoms with Crippen molar-refractivity contribution in [2.24, 2.45) is 0 Å². The van der Waals surface area contributed by atoms with Crippen LogP contribution in [0.15, 0.2) is 54.6 Å². The number of nitrogens with one attached hydrogen (secondary N) is 1. The van der Waals surface area contributed by atoms with Crippen molar-refractivity contribution in [3.63, 3.8) is 0 Å². The van der Waals surface area contributed by atoms with E-state index in [4.69, 9.17) is 11.6 Å². The summed E-state index contributed by atoms with van der Waals surface area (Å²) in [6, 6.07) is 19.0. The van der Waals surface area contributed by atoms with Crippen molar-refractivity contribution in [3.05, 3.63) is 70.7 Å². The fourth-order valence-corrected chi connectivity index (χ4v) is 3.34. The predicted octanol–water partition coefficient (Wildman–Crippen LogP) is 4.20. The Morgan fingerprint density at radius 2 is 1.63 bits per heavy atom. The molecule has 1 fully saturated rings. The summed E-state index contributed by atoms with van der Waals surface area (Å²) in [5.74, 6) is 1.02. The van der Waals surface area contributed by atoms with E-state index in [1.807, 2.05) is 12.1 Å². The summed E-state index contributed by atoms with van der Waals surface area (Å²) in [5.41, 5.74) is 2.69. The fourth-order valence-electron chi connectivity index (χ4n) is 3.06. The van der Waals surface area contributed by atoms with E-state index in [-0.39, 0.29) is 0 Å². The van der Waals surface area contributed by atoms with Gasteiger partial charge in [-0.05, 0) is 36.1 Å². The highest BCUT2D eigenvalue weighted by Crippen LogP contribution is 2.39. The first kappa shape index (κ1) is 12.7. The Hall–Kier alpha value is -1.31. The maximum atomic E-state index is 6.38. The topological polar surface area (TPSA) is 12.0 Å². The Bertz CT molecular complexity index is 538. The Kier molecular flexibility index (Phi) is 3.86. The summed E-state index contributed by atoms with van der Waals surface area (Å²) in [7, 11) is 0. The first-order chi connectivity index (χ1) is 9.36. The SMILES string of the molecule is Clc1ccccc1[C@H]1CNCC[C@H]1c1ccccc1. The van der Waals surface area contributed by atoms with Crippen LogP contribution in [0, 0.1) is 0 Å². The van der Waals surface area contributed by atoms with Gasteiger partial charge in [-0.25, -0.2) is 0 Å². The molecule has 19 heavy (non-hydrogen) atoms. The zero-order chi connectivity index (χ0) is 13.1. The standard InChI is InChI=1S/C17H18ClN/c18-17-9-5-4-8-15(17)16-12-19-11-10-14(16)13-6-2-1-3-7-13/h1-9,14,16,19H,10-12H2/t14-,16-/m0/s1. The summed E-state index contributed by atoms with van der Waals surface area (Å²) in [6.07, 6.45) is 1.17. The second-order valence-corrected chi connectivity index (χ2v) is 5.55. The van der Waals surface area contributed by atoms with E-state index in [9.17, 15) is 0 Å². The van der Waals surface area contributed by atoms with Gasteiger partial charge >= 0.3 is 0 Å². The average Bonchev–Trinajstić information content (AvgIpc) is 2.49. The van der Waals surface area contributed by atoms with Crippen LogP contribution < -0.4 is 5.32 Å². The first-order valence-electron chi connectivity index (χ1n) is 6.86. The van der Waals surface area contributed by atoms with Gasteiger partial charge in [0.15, 0.2) is 0 Å². The van der Waals surface area contributed by atoms with Crippen LogP contribution in [0.5, 0.6) is 0 Å². The lowest BCUT2D eigenvalue weighted by atomic mass is 9.77. The molecular formula is C17H18ClN. The maximum Gasteiger partial charge on any atom is 0.0441 e. The molecule has 2 atom stereocenters.